The van der Waals surface area contributed by atoms with Crippen LogP contribution >= 0.6 is 0 Å². The first-order valence-electron chi connectivity index (χ1n) is 7.21. The van der Waals surface area contributed by atoms with Crippen LogP contribution in [0.15, 0.2) is 4.42 Å². The molecular weight excluding hydrogens is 244 g/mol. The van der Waals surface area contributed by atoms with Crippen molar-refractivity contribution in [3.05, 3.63) is 11.8 Å². The molecule has 0 saturated heterocycles. The number of hydrogen-bond acceptors (Lipinski definition) is 4. The van der Waals surface area contributed by atoms with Crippen LogP contribution in [0.4, 0.5) is 0 Å². The quantitative estimate of drug-likeness (QED) is 0.657. The Morgan fingerprint density at radius 3 is 2.47 bits per heavy atom. The number of unbranched alkanes of at least 4 members (excludes halogenated alkanes) is 1. The van der Waals surface area contributed by atoms with Crippen LogP contribution in [0.25, 0.3) is 0 Å². The van der Waals surface area contributed by atoms with E-state index in [2.05, 4.69) is 24.0 Å². The highest BCUT2D eigenvalue weighted by molar-refractivity contribution is 5.66. The maximum Gasteiger partial charge on any atom is 0.303 e. The molecule has 1 aromatic heterocycles. The highest BCUT2D eigenvalue weighted by Crippen LogP contribution is 2.25. The molecule has 0 fully saturated rings. The van der Waals surface area contributed by atoms with Gasteiger partial charge in [-0.15, -0.1) is 10.2 Å². The molecule has 108 valence electrons. The summed E-state index contributed by atoms with van der Waals surface area (Å²) in [6.07, 6.45) is 6.69. The van der Waals surface area contributed by atoms with Gasteiger partial charge in [-0.2, -0.15) is 0 Å². The van der Waals surface area contributed by atoms with Crippen LogP contribution < -0.4 is 0 Å². The fourth-order valence-electron chi connectivity index (χ4n) is 2.17. The molecule has 0 atom stereocenters. The Morgan fingerprint density at radius 1 is 1.21 bits per heavy atom. The summed E-state index contributed by atoms with van der Waals surface area (Å²) in [6, 6.07) is 0. The summed E-state index contributed by atoms with van der Waals surface area (Å²) < 4.78 is 5.69. The minimum absolute atomic E-state index is 0.204. The first kappa shape index (κ1) is 15.7. The van der Waals surface area contributed by atoms with Crippen molar-refractivity contribution in [3.8, 4) is 0 Å². The molecule has 0 aromatic carbocycles. The number of carboxylic acid groups (broad SMARTS) is 1. The highest BCUT2D eigenvalue weighted by Gasteiger charge is 2.16. The van der Waals surface area contributed by atoms with E-state index in [1.165, 1.54) is 0 Å². The number of hydrogen-bond donors (Lipinski definition) is 1. The van der Waals surface area contributed by atoms with Gasteiger partial charge in [0.1, 0.15) is 0 Å². The molecule has 0 spiro atoms. The summed E-state index contributed by atoms with van der Waals surface area (Å²) in [5.41, 5.74) is 0. The van der Waals surface area contributed by atoms with E-state index in [1.54, 1.807) is 0 Å². The second kappa shape index (κ2) is 8.67. The van der Waals surface area contributed by atoms with Crippen LogP contribution in [0, 0.1) is 0 Å². The van der Waals surface area contributed by atoms with Gasteiger partial charge in [0.2, 0.25) is 11.8 Å². The monoisotopic (exact) mass is 268 g/mol. The van der Waals surface area contributed by atoms with E-state index in [0.717, 1.165) is 38.0 Å². The Labute approximate surface area is 114 Å². The molecule has 5 heteroatoms. The van der Waals surface area contributed by atoms with E-state index in [0.29, 0.717) is 24.7 Å². The highest BCUT2D eigenvalue weighted by atomic mass is 16.4. The predicted octanol–water partition coefficient (Wildman–Crippen LogP) is 3.55. The molecule has 1 heterocycles. The number of carbonyl (C=O) groups is 1. The molecule has 1 rings (SSSR count). The van der Waals surface area contributed by atoms with Crippen LogP contribution in [0.5, 0.6) is 0 Å². The minimum Gasteiger partial charge on any atom is -0.481 e. The van der Waals surface area contributed by atoms with Crippen molar-refractivity contribution in [2.24, 2.45) is 0 Å². The van der Waals surface area contributed by atoms with E-state index >= 15 is 0 Å². The molecule has 0 aliphatic carbocycles. The van der Waals surface area contributed by atoms with Crippen LogP contribution in [-0.2, 0) is 11.2 Å². The zero-order chi connectivity index (χ0) is 14.1. The smallest absolute Gasteiger partial charge is 0.303 e. The summed E-state index contributed by atoms with van der Waals surface area (Å²) in [5.74, 6) is 1.00. The molecule has 0 amide bonds. The van der Waals surface area contributed by atoms with Crippen molar-refractivity contribution in [3.63, 3.8) is 0 Å². The summed E-state index contributed by atoms with van der Waals surface area (Å²) in [4.78, 5) is 10.4. The van der Waals surface area contributed by atoms with Gasteiger partial charge in [-0.3, -0.25) is 4.79 Å². The van der Waals surface area contributed by atoms with Gasteiger partial charge in [0, 0.05) is 18.8 Å². The summed E-state index contributed by atoms with van der Waals surface area (Å²) in [5, 5.41) is 16.7. The molecule has 0 bridgehead atoms. The zero-order valence-electron chi connectivity index (χ0n) is 11.9. The number of aryl methyl sites for hydroxylation is 1. The minimum atomic E-state index is -0.753. The van der Waals surface area contributed by atoms with Crippen molar-refractivity contribution in [2.75, 3.05) is 0 Å². The Bertz CT molecular complexity index is 371. The van der Waals surface area contributed by atoms with Gasteiger partial charge in [0.15, 0.2) is 0 Å². The lowest BCUT2D eigenvalue weighted by atomic mass is 9.98. The Kier molecular flexibility index (Phi) is 7.15. The van der Waals surface area contributed by atoms with Crippen molar-refractivity contribution in [2.45, 2.75) is 71.1 Å². The molecule has 0 saturated carbocycles. The van der Waals surface area contributed by atoms with Crippen molar-refractivity contribution in [1.82, 2.24) is 10.2 Å². The topological polar surface area (TPSA) is 76.2 Å². The first-order valence-corrected chi connectivity index (χ1v) is 7.21. The zero-order valence-corrected chi connectivity index (χ0v) is 11.9. The van der Waals surface area contributed by atoms with Crippen LogP contribution in [-0.4, -0.2) is 21.3 Å². The summed E-state index contributed by atoms with van der Waals surface area (Å²) >= 11 is 0. The fourth-order valence-corrected chi connectivity index (χ4v) is 2.17. The number of carboxylic acids is 1. The van der Waals surface area contributed by atoms with E-state index in [4.69, 9.17) is 9.52 Å². The Hall–Kier alpha value is -1.39. The molecule has 0 aliphatic heterocycles. The number of nitrogens with zero attached hydrogens (tertiary/aromatic N) is 2. The molecule has 1 N–H and O–H groups in total. The SMILES string of the molecule is CCCC(CCC)c1nnc(CCCCC(=O)O)o1. The second-order valence-corrected chi connectivity index (χ2v) is 4.91. The molecule has 1 aromatic rings. The predicted molar refractivity (Wildman–Crippen MR) is 72.0 cm³/mol. The third-order valence-corrected chi connectivity index (χ3v) is 3.14. The molecule has 19 heavy (non-hydrogen) atoms. The third kappa shape index (κ3) is 5.85. The first-order chi connectivity index (χ1) is 9.17. The third-order valence-electron chi connectivity index (χ3n) is 3.14. The average Bonchev–Trinajstić information content (AvgIpc) is 2.83. The van der Waals surface area contributed by atoms with Gasteiger partial charge < -0.3 is 9.52 Å². The number of aromatic nitrogens is 2. The van der Waals surface area contributed by atoms with Crippen molar-refractivity contribution < 1.29 is 14.3 Å². The number of aliphatic carboxylic acids is 1. The standard InChI is InChI=1S/C14H24N2O3/c1-3-7-11(8-4-2)14-16-15-12(19-14)9-5-6-10-13(17)18/h11H,3-10H2,1-2H3,(H,17,18). The summed E-state index contributed by atoms with van der Waals surface area (Å²) in [6.45, 7) is 4.32. The molecule has 0 unspecified atom stereocenters. The maximum absolute atomic E-state index is 10.4. The Morgan fingerprint density at radius 2 is 1.89 bits per heavy atom. The van der Waals surface area contributed by atoms with Crippen molar-refractivity contribution in [1.29, 1.82) is 0 Å². The largest absolute Gasteiger partial charge is 0.481 e. The van der Waals surface area contributed by atoms with Crippen LogP contribution in [0.2, 0.25) is 0 Å². The van der Waals surface area contributed by atoms with Gasteiger partial charge >= 0.3 is 5.97 Å². The van der Waals surface area contributed by atoms with Crippen LogP contribution in [0.3, 0.4) is 0 Å². The lowest BCUT2D eigenvalue weighted by Gasteiger charge is -2.09. The van der Waals surface area contributed by atoms with Gasteiger partial charge in [0.05, 0.1) is 0 Å². The molecular formula is C14H24N2O3. The van der Waals surface area contributed by atoms with Gasteiger partial charge in [-0.25, -0.2) is 0 Å². The maximum atomic E-state index is 10.4. The summed E-state index contributed by atoms with van der Waals surface area (Å²) in [7, 11) is 0. The van der Waals surface area contributed by atoms with E-state index < -0.39 is 5.97 Å². The lowest BCUT2D eigenvalue weighted by molar-refractivity contribution is -0.137. The van der Waals surface area contributed by atoms with Gasteiger partial charge in [0.25, 0.3) is 0 Å². The van der Waals surface area contributed by atoms with Gasteiger partial charge in [-0.1, -0.05) is 26.7 Å². The van der Waals surface area contributed by atoms with E-state index in [-0.39, 0.29) is 6.42 Å². The molecule has 5 nitrogen and oxygen atoms in total. The second-order valence-electron chi connectivity index (χ2n) is 4.91. The average molecular weight is 268 g/mol. The fraction of sp³-hybridized carbons (Fsp3) is 0.786. The van der Waals surface area contributed by atoms with E-state index in [9.17, 15) is 4.79 Å². The van der Waals surface area contributed by atoms with Crippen molar-refractivity contribution >= 4 is 5.97 Å². The number of rotatable bonds is 10. The molecule has 0 radical (unpaired) electrons. The van der Waals surface area contributed by atoms with Gasteiger partial charge in [-0.05, 0) is 25.7 Å². The Balaban J connectivity index is 2.43. The van der Waals surface area contributed by atoms with Crippen LogP contribution in [0.1, 0.15) is 76.5 Å². The lowest BCUT2D eigenvalue weighted by Crippen LogP contribution is -1.98. The van der Waals surface area contributed by atoms with E-state index in [1.807, 2.05) is 0 Å². The normalized spacial score (nSPS) is 11.1. The molecule has 0 aliphatic rings.